The molecule has 0 unspecified atom stereocenters. The molecule has 0 radical (unpaired) electrons. The average Bonchev–Trinajstić information content (AvgIpc) is 3.36. The molecule has 0 saturated carbocycles. The van der Waals surface area contributed by atoms with E-state index in [1.807, 2.05) is 59.6 Å². The Labute approximate surface area is 159 Å². The number of aromatic nitrogens is 3. The molecule has 0 spiro atoms. The molecule has 0 aliphatic rings. The number of thiophene rings is 1. The molecule has 4 rings (SSSR count). The first kappa shape index (κ1) is 16.7. The van der Waals surface area contributed by atoms with Crippen LogP contribution in [0.2, 0.25) is 0 Å². The number of rotatable bonds is 4. The number of anilines is 1. The van der Waals surface area contributed by atoms with E-state index >= 15 is 0 Å². The van der Waals surface area contributed by atoms with Gasteiger partial charge in [-0.05, 0) is 55.6 Å². The number of carbonyl (C=O) groups excluding carboxylic acids is 1. The summed E-state index contributed by atoms with van der Waals surface area (Å²) < 4.78 is 1.87. The fraction of sp³-hybridized carbons (Fsp3) is 0.105. The van der Waals surface area contributed by atoms with Gasteiger partial charge in [0.25, 0.3) is 5.91 Å². The molecule has 0 saturated heterocycles. The molecule has 0 bridgehead atoms. The molecule has 0 fully saturated rings. The van der Waals surface area contributed by atoms with Crippen LogP contribution in [0.3, 0.4) is 0 Å². The van der Waals surface area contributed by atoms with Gasteiger partial charge >= 0.3 is 0 Å². The molecule has 1 amide bonds. The molecule has 3 aromatic heterocycles. The number of nitrogens with zero attached hydrogens (tertiary/aromatic N) is 3. The maximum absolute atomic E-state index is 12.5. The minimum absolute atomic E-state index is 0.169. The molecule has 5 nitrogen and oxygen atoms in total. The summed E-state index contributed by atoms with van der Waals surface area (Å²) >= 11 is 3.06. The van der Waals surface area contributed by atoms with E-state index in [4.69, 9.17) is 0 Å². The first-order valence-corrected chi connectivity index (χ1v) is 9.80. The summed E-state index contributed by atoms with van der Waals surface area (Å²) in [6, 6.07) is 13.4. The molecule has 0 aliphatic carbocycles. The predicted octanol–water partition coefficient (Wildman–Crippen LogP) is 4.93. The van der Waals surface area contributed by atoms with Gasteiger partial charge in [0.1, 0.15) is 0 Å². The van der Waals surface area contributed by atoms with Gasteiger partial charge < -0.3 is 0 Å². The van der Waals surface area contributed by atoms with Crippen molar-refractivity contribution in [2.45, 2.75) is 13.8 Å². The lowest BCUT2D eigenvalue weighted by molar-refractivity contribution is 0.102. The largest absolute Gasteiger partial charge is 0.298 e. The van der Waals surface area contributed by atoms with Crippen molar-refractivity contribution in [2.75, 3.05) is 5.32 Å². The number of nitrogens with one attached hydrogen (secondary N) is 1. The maximum Gasteiger partial charge on any atom is 0.257 e. The van der Waals surface area contributed by atoms with Crippen molar-refractivity contribution in [3.05, 3.63) is 70.2 Å². The number of carbonyl (C=O) groups is 1. The Hall–Kier alpha value is -2.77. The van der Waals surface area contributed by atoms with Crippen molar-refractivity contribution in [3.63, 3.8) is 0 Å². The normalized spacial score (nSPS) is 10.8. The molecular weight excluding hydrogens is 364 g/mol. The third-order valence-corrected chi connectivity index (χ3v) is 5.53. The van der Waals surface area contributed by atoms with Crippen LogP contribution in [0.15, 0.2) is 53.2 Å². The van der Waals surface area contributed by atoms with Crippen molar-refractivity contribution >= 4 is 33.7 Å². The van der Waals surface area contributed by atoms with Gasteiger partial charge in [-0.3, -0.25) is 10.1 Å². The van der Waals surface area contributed by atoms with Crippen molar-refractivity contribution in [3.8, 4) is 16.3 Å². The lowest BCUT2D eigenvalue weighted by atomic mass is 10.2. The van der Waals surface area contributed by atoms with E-state index in [2.05, 4.69) is 15.4 Å². The molecule has 3 heterocycles. The van der Waals surface area contributed by atoms with Gasteiger partial charge in [-0.2, -0.15) is 5.10 Å². The molecule has 7 heteroatoms. The summed E-state index contributed by atoms with van der Waals surface area (Å²) in [5.74, 6) is -0.169. The number of aryl methyl sites for hydroxylation is 2. The number of hydrogen-bond acceptors (Lipinski definition) is 5. The van der Waals surface area contributed by atoms with E-state index < -0.39 is 0 Å². The zero-order valence-corrected chi connectivity index (χ0v) is 15.9. The Bertz CT molecular complexity index is 1050. The summed E-state index contributed by atoms with van der Waals surface area (Å²) in [7, 11) is 0. The van der Waals surface area contributed by atoms with Gasteiger partial charge in [-0.25, -0.2) is 9.67 Å². The highest BCUT2D eigenvalue weighted by Crippen LogP contribution is 2.28. The van der Waals surface area contributed by atoms with Gasteiger partial charge in [0.2, 0.25) is 0 Å². The minimum Gasteiger partial charge on any atom is -0.298 e. The van der Waals surface area contributed by atoms with E-state index in [1.165, 1.54) is 11.3 Å². The summed E-state index contributed by atoms with van der Waals surface area (Å²) in [6.45, 7) is 3.97. The van der Waals surface area contributed by atoms with Gasteiger partial charge in [0.05, 0.1) is 22.0 Å². The van der Waals surface area contributed by atoms with Crippen molar-refractivity contribution < 1.29 is 4.79 Å². The molecule has 0 atom stereocenters. The first-order chi connectivity index (χ1) is 12.6. The Morgan fingerprint density at radius 1 is 1.12 bits per heavy atom. The average molecular weight is 380 g/mol. The van der Waals surface area contributed by atoms with Gasteiger partial charge in [-0.1, -0.05) is 6.07 Å². The Kier molecular flexibility index (Phi) is 4.40. The van der Waals surface area contributed by atoms with Crippen LogP contribution >= 0.6 is 22.7 Å². The standard InChI is InChI=1S/C19H16N4OS2/c1-12-10-13(2)23(22-12)15-7-5-14(6-8-15)18(24)21-19-20-16(11-26-19)17-4-3-9-25-17/h3-11H,1-2H3,(H,20,21,24). The fourth-order valence-electron chi connectivity index (χ4n) is 2.68. The molecule has 26 heavy (non-hydrogen) atoms. The van der Waals surface area contributed by atoms with E-state index in [-0.39, 0.29) is 5.91 Å². The topological polar surface area (TPSA) is 59.8 Å². The third kappa shape index (κ3) is 3.31. The van der Waals surface area contributed by atoms with E-state index in [9.17, 15) is 4.79 Å². The number of thiazole rings is 1. The zero-order valence-electron chi connectivity index (χ0n) is 14.3. The van der Waals surface area contributed by atoms with Crippen LogP contribution in [-0.2, 0) is 0 Å². The second-order valence-corrected chi connectivity index (χ2v) is 7.66. The third-order valence-electron chi connectivity index (χ3n) is 3.88. The van der Waals surface area contributed by atoms with Gasteiger partial charge in [0, 0.05) is 16.6 Å². The van der Waals surface area contributed by atoms with Crippen LogP contribution in [0.25, 0.3) is 16.3 Å². The highest BCUT2D eigenvalue weighted by atomic mass is 32.1. The van der Waals surface area contributed by atoms with Crippen LogP contribution in [0, 0.1) is 13.8 Å². The van der Waals surface area contributed by atoms with Crippen LogP contribution < -0.4 is 5.32 Å². The number of amides is 1. The van der Waals surface area contributed by atoms with Crippen molar-refractivity contribution in [1.29, 1.82) is 0 Å². The molecular formula is C19H16N4OS2. The lowest BCUT2D eigenvalue weighted by Gasteiger charge is -2.06. The smallest absolute Gasteiger partial charge is 0.257 e. The summed E-state index contributed by atoms with van der Waals surface area (Å²) in [5.41, 5.74) is 4.43. The Morgan fingerprint density at radius 2 is 1.92 bits per heavy atom. The van der Waals surface area contributed by atoms with E-state index in [0.29, 0.717) is 10.7 Å². The Balaban J connectivity index is 1.49. The quantitative estimate of drug-likeness (QED) is 0.546. The monoisotopic (exact) mass is 380 g/mol. The molecule has 130 valence electrons. The van der Waals surface area contributed by atoms with Crippen LogP contribution in [0.1, 0.15) is 21.7 Å². The van der Waals surface area contributed by atoms with Crippen molar-refractivity contribution in [1.82, 2.24) is 14.8 Å². The second kappa shape index (κ2) is 6.86. The summed E-state index contributed by atoms with van der Waals surface area (Å²) in [4.78, 5) is 18.0. The van der Waals surface area contributed by atoms with E-state index in [1.54, 1.807) is 23.5 Å². The molecule has 0 aliphatic heterocycles. The zero-order chi connectivity index (χ0) is 18.1. The molecule has 1 N–H and O–H groups in total. The highest BCUT2D eigenvalue weighted by molar-refractivity contribution is 7.16. The molecule has 1 aromatic carbocycles. The maximum atomic E-state index is 12.5. The highest BCUT2D eigenvalue weighted by Gasteiger charge is 2.11. The second-order valence-electron chi connectivity index (χ2n) is 5.86. The van der Waals surface area contributed by atoms with Gasteiger partial charge in [0.15, 0.2) is 5.13 Å². The number of benzene rings is 1. The Morgan fingerprint density at radius 3 is 2.58 bits per heavy atom. The minimum atomic E-state index is -0.169. The van der Waals surface area contributed by atoms with Crippen LogP contribution in [-0.4, -0.2) is 20.7 Å². The van der Waals surface area contributed by atoms with Crippen molar-refractivity contribution in [2.24, 2.45) is 0 Å². The number of hydrogen-bond donors (Lipinski definition) is 1. The van der Waals surface area contributed by atoms with Crippen LogP contribution in [0.4, 0.5) is 5.13 Å². The first-order valence-electron chi connectivity index (χ1n) is 8.04. The SMILES string of the molecule is Cc1cc(C)n(-c2ccc(C(=O)Nc3nc(-c4cccs4)cs3)cc2)n1. The lowest BCUT2D eigenvalue weighted by Crippen LogP contribution is -2.11. The van der Waals surface area contributed by atoms with Crippen LogP contribution in [0.5, 0.6) is 0 Å². The summed E-state index contributed by atoms with van der Waals surface area (Å²) in [6.07, 6.45) is 0. The summed E-state index contributed by atoms with van der Waals surface area (Å²) in [5, 5.41) is 11.9. The predicted molar refractivity (Wildman–Crippen MR) is 106 cm³/mol. The van der Waals surface area contributed by atoms with E-state index in [0.717, 1.165) is 27.6 Å². The van der Waals surface area contributed by atoms with Gasteiger partial charge in [-0.15, -0.1) is 22.7 Å². The fourth-order valence-corrected chi connectivity index (χ4v) is 4.15. The molecule has 4 aromatic rings.